The molecule has 0 amide bonds. The maximum Gasteiger partial charge on any atom is 0.490 e. The van der Waals surface area contributed by atoms with Crippen LogP contribution in [0.4, 0.5) is 36.3 Å². The molecule has 0 radical (unpaired) electrons. The molecule has 0 aliphatic carbocycles. The number of aromatic nitrogens is 2. The number of nitrogens with zero attached hydrogens (tertiary/aromatic N) is 4. The van der Waals surface area contributed by atoms with Gasteiger partial charge in [0.2, 0.25) is 5.95 Å². The molecule has 0 saturated heterocycles. The van der Waals surface area contributed by atoms with E-state index in [2.05, 4.69) is 93.1 Å². The van der Waals surface area contributed by atoms with Crippen LogP contribution in [-0.2, 0) is 11.2 Å². The first-order chi connectivity index (χ1) is 18.3. The van der Waals surface area contributed by atoms with Crippen molar-refractivity contribution in [1.29, 1.82) is 0 Å². The molecule has 2 N–H and O–H groups in total. The number of likely N-dealkylation sites (N-methyl/N-ethyl adjacent to an activating group) is 1. The number of alkyl halides is 3. The van der Waals surface area contributed by atoms with E-state index in [0.29, 0.717) is 5.95 Å². The van der Waals surface area contributed by atoms with Crippen LogP contribution in [0.3, 0.4) is 0 Å². The molecule has 1 aromatic heterocycles. The normalized spacial score (nSPS) is 12.5. The summed E-state index contributed by atoms with van der Waals surface area (Å²) < 4.78 is 31.7. The standard InChI is InChI=1S/C27H35N5.C2HF3O2/c1-7-31(23-10-8-18(2)9-11-23)14-15-32-13-12-24-22(6)28-27(30-26(24)32)29-25-20(4)16-19(3)17-21(25)5;3-2(4,5)1(6)7/h8-11,16-17H,7,12-15H2,1-6H3,(H,28,29,30);(H,6,7). The Morgan fingerprint density at radius 1 is 1.03 bits per heavy atom. The van der Waals surface area contributed by atoms with Crippen LogP contribution in [-0.4, -0.2) is 53.4 Å². The van der Waals surface area contributed by atoms with E-state index in [9.17, 15) is 13.2 Å². The topological polar surface area (TPSA) is 81.6 Å². The number of hydrogen-bond acceptors (Lipinski definition) is 6. The summed E-state index contributed by atoms with van der Waals surface area (Å²) in [5.41, 5.74) is 9.76. The lowest BCUT2D eigenvalue weighted by atomic mass is 10.1. The van der Waals surface area contributed by atoms with E-state index in [1.165, 1.54) is 33.5 Å². The SMILES string of the molecule is CCN(CCN1CCc2c(C)nc(Nc3c(C)cc(C)cc3C)nc21)c1ccc(C)cc1.O=C(O)C(F)(F)F. The highest BCUT2D eigenvalue weighted by Crippen LogP contribution is 2.31. The van der Waals surface area contributed by atoms with Crippen molar-refractivity contribution in [1.82, 2.24) is 9.97 Å². The Morgan fingerprint density at radius 3 is 2.15 bits per heavy atom. The Bertz CT molecular complexity index is 1290. The van der Waals surface area contributed by atoms with Crippen LogP contribution in [0.1, 0.15) is 40.4 Å². The molecular formula is C29H36F3N5O2. The van der Waals surface area contributed by atoms with Crippen LogP contribution in [0.5, 0.6) is 0 Å². The van der Waals surface area contributed by atoms with Crippen molar-refractivity contribution in [3.05, 3.63) is 69.9 Å². The van der Waals surface area contributed by atoms with Gasteiger partial charge in [-0.1, -0.05) is 35.4 Å². The van der Waals surface area contributed by atoms with E-state index in [4.69, 9.17) is 19.9 Å². The van der Waals surface area contributed by atoms with Gasteiger partial charge < -0.3 is 20.2 Å². The summed E-state index contributed by atoms with van der Waals surface area (Å²) in [5, 5.41) is 10.6. The molecule has 1 aliphatic heterocycles. The zero-order chi connectivity index (χ0) is 28.9. The fourth-order valence-electron chi connectivity index (χ4n) is 4.72. The van der Waals surface area contributed by atoms with Crippen molar-refractivity contribution < 1.29 is 23.1 Å². The lowest BCUT2D eigenvalue weighted by Gasteiger charge is -2.27. The predicted molar refractivity (Wildman–Crippen MR) is 149 cm³/mol. The summed E-state index contributed by atoms with van der Waals surface area (Å²) in [4.78, 5) is 23.5. The van der Waals surface area contributed by atoms with Crippen LogP contribution in [0.15, 0.2) is 36.4 Å². The van der Waals surface area contributed by atoms with Gasteiger partial charge in [-0.05, 0) is 71.2 Å². The van der Waals surface area contributed by atoms with E-state index in [0.717, 1.165) is 49.8 Å². The summed E-state index contributed by atoms with van der Waals surface area (Å²) >= 11 is 0. The van der Waals surface area contributed by atoms with Crippen molar-refractivity contribution in [2.45, 2.75) is 54.1 Å². The molecule has 4 rings (SSSR count). The van der Waals surface area contributed by atoms with E-state index in [-0.39, 0.29) is 0 Å². The maximum absolute atomic E-state index is 10.6. The molecule has 0 bridgehead atoms. The first-order valence-corrected chi connectivity index (χ1v) is 12.9. The monoisotopic (exact) mass is 543 g/mol. The zero-order valence-corrected chi connectivity index (χ0v) is 23.3. The first-order valence-electron chi connectivity index (χ1n) is 12.9. The number of halogens is 3. The highest BCUT2D eigenvalue weighted by atomic mass is 19.4. The minimum absolute atomic E-state index is 0.689. The number of aryl methyl sites for hydroxylation is 5. The molecule has 0 unspecified atom stereocenters. The number of anilines is 4. The van der Waals surface area contributed by atoms with Gasteiger partial charge in [-0.25, -0.2) is 9.78 Å². The predicted octanol–water partition coefficient (Wildman–Crippen LogP) is 6.28. The Hall–Kier alpha value is -3.82. The Balaban J connectivity index is 0.000000532. The highest BCUT2D eigenvalue weighted by Gasteiger charge is 2.38. The molecule has 0 atom stereocenters. The lowest BCUT2D eigenvalue weighted by Crippen LogP contribution is -2.34. The van der Waals surface area contributed by atoms with Crippen molar-refractivity contribution in [2.75, 3.05) is 41.3 Å². The van der Waals surface area contributed by atoms with Crippen LogP contribution in [0.25, 0.3) is 0 Å². The molecule has 7 nitrogen and oxygen atoms in total. The molecule has 10 heteroatoms. The van der Waals surface area contributed by atoms with E-state index in [1.807, 2.05) is 0 Å². The number of carboxylic acid groups (broad SMARTS) is 1. The third-order valence-electron chi connectivity index (χ3n) is 6.70. The average molecular weight is 544 g/mol. The summed E-state index contributed by atoms with van der Waals surface area (Å²) in [7, 11) is 0. The number of hydrogen-bond donors (Lipinski definition) is 2. The summed E-state index contributed by atoms with van der Waals surface area (Å²) in [6, 6.07) is 13.2. The van der Waals surface area contributed by atoms with Crippen molar-refractivity contribution in [2.24, 2.45) is 0 Å². The lowest BCUT2D eigenvalue weighted by molar-refractivity contribution is -0.192. The number of rotatable bonds is 7. The fraction of sp³-hybridized carbons (Fsp3) is 0.414. The molecule has 3 aromatic rings. The number of carboxylic acids is 1. The zero-order valence-electron chi connectivity index (χ0n) is 23.3. The van der Waals surface area contributed by atoms with Crippen LogP contribution in [0, 0.1) is 34.6 Å². The van der Waals surface area contributed by atoms with Crippen molar-refractivity contribution in [3.63, 3.8) is 0 Å². The molecule has 0 spiro atoms. The smallest absolute Gasteiger partial charge is 0.475 e. The maximum atomic E-state index is 10.6. The molecule has 1 aliphatic rings. The molecule has 0 saturated carbocycles. The molecular weight excluding hydrogens is 507 g/mol. The van der Waals surface area contributed by atoms with Gasteiger partial charge in [0.15, 0.2) is 0 Å². The van der Waals surface area contributed by atoms with Crippen LogP contribution < -0.4 is 15.1 Å². The van der Waals surface area contributed by atoms with Gasteiger partial charge in [-0.3, -0.25) is 0 Å². The first kappa shape index (κ1) is 29.7. The van der Waals surface area contributed by atoms with Gasteiger partial charge in [-0.15, -0.1) is 0 Å². The van der Waals surface area contributed by atoms with Crippen molar-refractivity contribution in [3.8, 4) is 0 Å². The molecule has 39 heavy (non-hydrogen) atoms. The molecule has 2 aromatic carbocycles. The molecule has 210 valence electrons. The van der Waals surface area contributed by atoms with Gasteiger partial charge in [0.1, 0.15) is 5.82 Å². The molecule has 2 heterocycles. The minimum atomic E-state index is -5.08. The average Bonchev–Trinajstić information content (AvgIpc) is 3.26. The van der Waals surface area contributed by atoms with E-state index >= 15 is 0 Å². The Morgan fingerprint density at radius 2 is 1.62 bits per heavy atom. The van der Waals surface area contributed by atoms with Gasteiger partial charge >= 0.3 is 12.1 Å². The number of carbonyl (C=O) groups is 1. The molecule has 0 fully saturated rings. The summed E-state index contributed by atoms with van der Waals surface area (Å²) in [6.07, 6.45) is -4.07. The highest BCUT2D eigenvalue weighted by molar-refractivity contribution is 5.73. The summed E-state index contributed by atoms with van der Waals surface area (Å²) in [5.74, 6) is -0.982. The number of benzene rings is 2. The van der Waals surface area contributed by atoms with Gasteiger partial charge in [0.05, 0.1) is 0 Å². The third-order valence-corrected chi connectivity index (χ3v) is 6.70. The quantitative estimate of drug-likeness (QED) is 0.363. The van der Waals surface area contributed by atoms with E-state index < -0.39 is 12.1 Å². The minimum Gasteiger partial charge on any atom is -0.475 e. The number of fused-ring (bicyclic) bond motifs is 1. The second kappa shape index (κ2) is 12.4. The second-order valence-electron chi connectivity index (χ2n) is 9.79. The Labute approximate surface area is 227 Å². The van der Waals surface area contributed by atoms with Gasteiger partial charge in [-0.2, -0.15) is 18.2 Å². The fourth-order valence-corrected chi connectivity index (χ4v) is 4.72. The van der Waals surface area contributed by atoms with Gasteiger partial charge in [0.25, 0.3) is 0 Å². The summed E-state index contributed by atoms with van der Waals surface area (Å²) in [6.45, 7) is 16.8. The number of aliphatic carboxylic acids is 1. The third kappa shape index (κ3) is 7.61. The van der Waals surface area contributed by atoms with Crippen LogP contribution in [0.2, 0.25) is 0 Å². The number of nitrogens with one attached hydrogen (secondary N) is 1. The Kier molecular flexibility index (Phi) is 9.42. The van der Waals surface area contributed by atoms with Gasteiger partial charge in [0, 0.05) is 48.8 Å². The van der Waals surface area contributed by atoms with Crippen LogP contribution >= 0.6 is 0 Å². The van der Waals surface area contributed by atoms with Crippen molar-refractivity contribution >= 4 is 29.1 Å². The van der Waals surface area contributed by atoms with E-state index in [1.54, 1.807) is 0 Å². The largest absolute Gasteiger partial charge is 0.490 e. The second-order valence-corrected chi connectivity index (χ2v) is 9.79.